The van der Waals surface area contributed by atoms with Crippen molar-refractivity contribution in [3.63, 3.8) is 0 Å². The summed E-state index contributed by atoms with van der Waals surface area (Å²) in [6.45, 7) is 2.61. The number of anilines is 16. The van der Waals surface area contributed by atoms with Gasteiger partial charge < -0.3 is 0 Å². The molecule has 0 saturated heterocycles. The van der Waals surface area contributed by atoms with Gasteiger partial charge in [0.25, 0.3) is 0 Å². The van der Waals surface area contributed by atoms with Gasteiger partial charge in [-0.15, -0.1) is 0 Å². The minimum atomic E-state index is -4.45. The van der Waals surface area contributed by atoms with Crippen LogP contribution in [0, 0.1) is 0 Å². The SMILES string of the molecule is CC12C=CC=C3[CH]1[Ge]1([c]4ccccc4)[c]4c(cccc4N(c4ccccc4)c4cc5cc6[c]7c(c5c([c]41)N2c1ccccc1)N(c1ccccc1)c1cccc2[c]1[Ge]7([c]1ccccc1)[c]1c(cccc1N6c1ccccc1)N2c1ccccc1)N3c1ccccc1. The third-order valence-electron chi connectivity index (χ3n) is 21.0. The van der Waals surface area contributed by atoms with E-state index in [1.165, 1.54) is 115 Å². The van der Waals surface area contributed by atoms with Gasteiger partial charge >= 0.3 is 539 Å². The van der Waals surface area contributed by atoms with Gasteiger partial charge in [0, 0.05) is 0 Å². The van der Waals surface area contributed by atoms with Crippen molar-refractivity contribution in [2.75, 3.05) is 29.4 Å². The number of rotatable bonds is 8. The Morgan fingerprint density at radius 2 is 0.670 bits per heavy atom. The molecule has 20 rings (SSSR count). The zero-order chi connectivity index (χ0) is 59.7. The molecule has 428 valence electrons. The van der Waals surface area contributed by atoms with Crippen LogP contribution >= 0.6 is 0 Å². The quantitative estimate of drug-likeness (QED) is 0.140. The predicted octanol–water partition coefficient (Wildman–Crippen LogP) is 16.7. The number of para-hydroxylation sites is 6. The molecule has 6 nitrogen and oxygen atoms in total. The van der Waals surface area contributed by atoms with Crippen molar-refractivity contribution in [3.8, 4) is 0 Å². The van der Waals surface area contributed by atoms with Crippen molar-refractivity contribution >= 4 is 159 Å². The molecule has 13 aromatic rings. The Kier molecular flexibility index (Phi) is 10.7. The normalized spacial score (nSPS) is 20.3. The number of hydrogen-bond donors (Lipinski definition) is 0. The first-order valence-electron chi connectivity index (χ1n) is 31.8. The van der Waals surface area contributed by atoms with Gasteiger partial charge in [-0.2, -0.15) is 0 Å². The van der Waals surface area contributed by atoms with Crippen molar-refractivity contribution in [1.29, 1.82) is 0 Å². The van der Waals surface area contributed by atoms with Crippen LogP contribution in [0.4, 0.5) is 91.0 Å². The summed E-state index contributed by atoms with van der Waals surface area (Å²) < 4.78 is 10.2. The molecular formula is C83H58Ge2N6. The molecule has 6 heterocycles. The Morgan fingerprint density at radius 1 is 0.308 bits per heavy atom. The first kappa shape index (κ1) is 51.4. The van der Waals surface area contributed by atoms with Crippen LogP contribution in [0.2, 0.25) is 4.75 Å². The molecule has 0 bridgehead atoms. The van der Waals surface area contributed by atoms with Crippen LogP contribution in [-0.4, -0.2) is 32.1 Å². The third-order valence-corrected chi connectivity index (χ3v) is 43.1. The van der Waals surface area contributed by atoms with Crippen molar-refractivity contribution in [2.45, 2.75) is 17.2 Å². The van der Waals surface area contributed by atoms with Gasteiger partial charge in [-0.3, -0.25) is 0 Å². The van der Waals surface area contributed by atoms with E-state index >= 15 is 0 Å². The predicted molar refractivity (Wildman–Crippen MR) is 385 cm³/mol. The van der Waals surface area contributed by atoms with Crippen LogP contribution in [0.15, 0.2) is 333 Å². The van der Waals surface area contributed by atoms with Gasteiger partial charge in [0.15, 0.2) is 0 Å². The first-order valence-corrected chi connectivity index (χ1v) is 40.4. The molecule has 0 radical (unpaired) electrons. The molecule has 4 unspecified atom stereocenters. The van der Waals surface area contributed by atoms with Crippen LogP contribution in [0.5, 0.6) is 0 Å². The number of allylic oxidation sites excluding steroid dienone is 2. The zero-order valence-electron chi connectivity index (χ0n) is 49.9. The minimum absolute atomic E-state index is 0.0247. The fraction of sp³-hybridized carbons (Fsp3) is 0.0361. The molecular weight excluding hydrogens is 1230 g/mol. The molecule has 7 aliphatic rings. The van der Waals surface area contributed by atoms with E-state index in [4.69, 9.17) is 0 Å². The summed E-state index contributed by atoms with van der Waals surface area (Å²) in [5, 5.41) is 2.48. The summed E-state index contributed by atoms with van der Waals surface area (Å²) in [4.78, 5) is 16.2. The zero-order valence-corrected chi connectivity index (χ0v) is 54.1. The number of fused-ring (bicyclic) bond motifs is 3. The van der Waals surface area contributed by atoms with Crippen molar-refractivity contribution in [1.82, 2.24) is 0 Å². The monoisotopic (exact) mass is 1290 g/mol. The van der Waals surface area contributed by atoms with Crippen LogP contribution < -0.4 is 60.2 Å². The maximum atomic E-state index is 2.87. The molecule has 8 heteroatoms. The van der Waals surface area contributed by atoms with Crippen molar-refractivity contribution < 1.29 is 0 Å². The van der Waals surface area contributed by atoms with Gasteiger partial charge in [-0.1, -0.05) is 0 Å². The molecule has 1 aliphatic carbocycles. The van der Waals surface area contributed by atoms with Crippen LogP contribution in [0.3, 0.4) is 0 Å². The third kappa shape index (κ3) is 6.52. The summed E-state index contributed by atoms with van der Waals surface area (Å²) in [6.07, 6.45) is 7.50. The Morgan fingerprint density at radius 3 is 1.14 bits per heavy atom. The Bertz CT molecular complexity index is 5210. The van der Waals surface area contributed by atoms with Gasteiger partial charge in [-0.05, 0) is 0 Å². The molecule has 4 atom stereocenters. The molecule has 0 N–H and O–H groups in total. The molecule has 91 heavy (non-hydrogen) atoms. The molecule has 0 amide bonds. The van der Waals surface area contributed by atoms with Crippen LogP contribution in [-0.2, 0) is 0 Å². The Labute approximate surface area is 535 Å². The summed E-state index contributed by atoms with van der Waals surface area (Å²) in [7, 11) is 0. The molecule has 6 aliphatic heterocycles. The van der Waals surface area contributed by atoms with E-state index in [0.717, 1.165) is 22.7 Å². The summed E-state index contributed by atoms with van der Waals surface area (Å²) >= 11 is -8.86. The second-order valence-electron chi connectivity index (χ2n) is 25.3. The van der Waals surface area contributed by atoms with Gasteiger partial charge in [0.1, 0.15) is 0 Å². The van der Waals surface area contributed by atoms with Gasteiger partial charge in [0.2, 0.25) is 0 Å². The second kappa shape index (κ2) is 19.0. The molecule has 0 saturated carbocycles. The van der Waals surface area contributed by atoms with E-state index < -0.39 is 32.1 Å². The Hall–Kier alpha value is -10.5. The van der Waals surface area contributed by atoms with Gasteiger partial charge in [0.05, 0.1) is 0 Å². The molecule has 0 fully saturated rings. The molecule has 13 aromatic carbocycles. The number of nitrogens with zero attached hydrogens (tertiary/aromatic N) is 6. The second-order valence-corrected chi connectivity index (χ2v) is 40.7. The fourth-order valence-electron chi connectivity index (χ4n) is 18.1. The standard InChI is InChI=1S/C83H58Ge2N6/c1-83-53-29-52-71-82(83)85(58-32-12-3-13-33-58)77-68(87(71)60-36-16-5-17-37-60)49-27-50-69(77)89(62-40-20-7-21-41-62)73-55-56-54-72-78-80(74(56)81(79(73)85)91(83)64-44-24-9-25-45-64)90(63-42-22-8-23-43-63)70-51-28-47-66-76(70)84(78,57-30-10-2-11-31-57)75-65(86(66)59-34-14-4-15-35-59)46-26-48-67(75)88(72)61-38-18-6-19-39-61/h2-55,82H,1H3. The van der Waals surface area contributed by atoms with Crippen molar-refractivity contribution in [3.05, 3.63) is 333 Å². The topological polar surface area (TPSA) is 19.4 Å². The first-order chi connectivity index (χ1) is 45.1. The van der Waals surface area contributed by atoms with E-state index in [-0.39, 0.29) is 4.75 Å². The van der Waals surface area contributed by atoms with Crippen molar-refractivity contribution in [2.24, 2.45) is 0 Å². The average Bonchev–Trinajstić information content (AvgIpc) is 0.644. The number of benzene rings is 13. The Balaban J connectivity index is 1.07. The van der Waals surface area contributed by atoms with E-state index in [1.807, 2.05) is 0 Å². The van der Waals surface area contributed by atoms with E-state index in [1.54, 1.807) is 0 Å². The summed E-state index contributed by atoms with van der Waals surface area (Å²) in [5.41, 5.74) is 20.2. The van der Waals surface area contributed by atoms with E-state index in [9.17, 15) is 0 Å². The van der Waals surface area contributed by atoms with Crippen LogP contribution in [0.1, 0.15) is 6.92 Å². The maximum absolute atomic E-state index is 4.45. The fourth-order valence-corrected chi connectivity index (χ4v) is 44.1. The number of hydrogen-bond acceptors (Lipinski definition) is 6. The van der Waals surface area contributed by atoms with Crippen LogP contribution in [0.25, 0.3) is 10.8 Å². The van der Waals surface area contributed by atoms with E-state index in [0.29, 0.717) is 0 Å². The van der Waals surface area contributed by atoms with Gasteiger partial charge in [-0.25, -0.2) is 0 Å². The molecule has 0 aromatic heterocycles. The summed E-state index contributed by atoms with van der Waals surface area (Å²) in [6, 6.07) is 119. The average molecular weight is 1280 g/mol. The summed E-state index contributed by atoms with van der Waals surface area (Å²) in [5.74, 6) is 0. The molecule has 0 spiro atoms. The van der Waals surface area contributed by atoms with E-state index in [2.05, 4.69) is 364 Å².